The summed E-state index contributed by atoms with van der Waals surface area (Å²) in [6.07, 6.45) is -0.0456. The Morgan fingerprint density at radius 1 is 1.33 bits per heavy atom. The highest BCUT2D eigenvalue weighted by Gasteiger charge is 2.25. The van der Waals surface area contributed by atoms with Gasteiger partial charge in [-0.05, 0) is 12.6 Å². The molecule has 0 aromatic heterocycles. The van der Waals surface area contributed by atoms with Gasteiger partial charge in [-0.25, -0.2) is 0 Å². The Morgan fingerprint density at radius 2 is 1.94 bits per heavy atom. The largest absolute Gasteiger partial charge is 0.468 e. The lowest BCUT2D eigenvalue weighted by Crippen LogP contribution is -2.41. The first-order chi connectivity index (χ1) is 8.54. The summed E-state index contributed by atoms with van der Waals surface area (Å²) in [5.41, 5.74) is 6.20. The van der Waals surface area contributed by atoms with Crippen LogP contribution >= 0.6 is 0 Å². The second-order valence-corrected chi connectivity index (χ2v) is 4.11. The number of methoxy groups -OCH3 is 1. The zero-order valence-electron chi connectivity index (χ0n) is 10.6. The number of carbonyl (C=O) groups is 2. The predicted octanol–water partition coefficient (Wildman–Crippen LogP) is 0.535. The van der Waals surface area contributed by atoms with Crippen LogP contribution in [0.25, 0.3) is 0 Å². The van der Waals surface area contributed by atoms with Crippen molar-refractivity contribution in [2.45, 2.75) is 19.0 Å². The number of nitrogens with two attached hydrogens (primary N) is 1. The Hall–Kier alpha value is -1.88. The van der Waals surface area contributed by atoms with Crippen LogP contribution in [0.5, 0.6) is 0 Å². The molecule has 1 rings (SSSR count). The van der Waals surface area contributed by atoms with Crippen LogP contribution in [0.15, 0.2) is 30.3 Å². The highest BCUT2D eigenvalue weighted by atomic mass is 16.5. The van der Waals surface area contributed by atoms with E-state index in [2.05, 4.69) is 4.74 Å². The molecule has 1 aromatic rings. The predicted molar refractivity (Wildman–Crippen MR) is 67.5 cm³/mol. The standard InChI is InChI=1S/C13H18N2O3/c1-15(9-10-6-4-3-5-7-10)11(8-12(14)16)13(17)18-2/h3-7,11H,8-9H2,1-2H3,(H2,14,16)/t11-/m0/s1. The third kappa shape index (κ3) is 4.18. The van der Waals surface area contributed by atoms with Crippen LogP contribution in [0.1, 0.15) is 12.0 Å². The molecule has 5 heteroatoms. The highest BCUT2D eigenvalue weighted by molar-refractivity contribution is 5.84. The second-order valence-electron chi connectivity index (χ2n) is 4.11. The van der Waals surface area contributed by atoms with Crippen LogP contribution in [0.3, 0.4) is 0 Å². The normalized spacial score (nSPS) is 12.2. The molecule has 0 aliphatic carbocycles. The van der Waals surface area contributed by atoms with Gasteiger partial charge in [0.15, 0.2) is 0 Å². The molecule has 0 unspecified atom stereocenters. The maximum Gasteiger partial charge on any atom is 0.323 e. The van der Waals surface area contributed by atoms with Crippen molar-refractivity contribution in [1.29, 1.82) is 0 Å². The molecule has 0 spiro atoms. The van der Waals surface area contributed by atoms with Crippen LogP contribution in [0.2, 0.25) is 0 Å². The topological polar surface area (TPSA) is 72.6 Å². The number of likely N-dealkylation sites (N-methyl/N-ethyl adjacent to an activating group) is 1. The first-order valence-electron chi connectivity index (χ1n) is 5.65. The molecule has 0 fully saturated rings. The molecule has 0 radical (unpaired) electrons. The van der Waals surface area contributed by atoms with Gasteiger partial charge in [0, 0.05) is 6.54 Å². The van der Waals surface area contributed by atoms with Gasteiger partial charge >= 0.3 is 5.97 Å². The number of carbonyl (C=O) groups excluding carboxylic acids is 2. The first-order valence-corrected chi connectivity index (χ1v) is 5.65. The van der Waals surface area contributed by atoms with Gasteiger partial charge in [0.2, 0.25) is 5.91 Å². The van der Waals surface area contributed by atoms with Crippen molar-refractivity contribution in [2.24, 2.45) is 5.73 Å². The van der Waals surface area contributed by atoms with E-state index in [4.69, 9.17) is 5.73 Å². The fourth-order valence-corrected chi connectivity index (χ4v) is 1.73. The number of hydrogen-bond donors (Lipinski definition) is 1. The number of benzene rings is 1. The smallest absolute Gasteiger partial charge is 0.323 e. The fourth-order valence-electron chi connectivity index (χ4n) is 1.73. The van der Waals surface area contributed by atoms with E-state index in [1.807, 2.05) is 30.3 Å². The van der Waals surface area contributed by atoms with Crippen molar-refractivity contribution < 1.29 is 14.3 Å². The lowest BCUT2D eigenvalue weighted by atomic mass is 10.1. The van der Waals surface area contributed by atoms with E-state index >= 15 is 0 Å². The lowest BCUT2D eigenvalue weighted by molar-refractivity contribution is -0.148. The molecule has 2 N–H and O–H groups in total. The molecule has 0 saturated carbocycles. The maximum atomic E-state index is 11.6. The van der Waals surface area contributed by atoms with Gasteiger partial charge < -0.3 is 10.5 Å². The SMILES string of the molecule is COC(=O)[C@H](CC(N)=O)N(C)Cc1ccccc1. The summed E-state index contributed by atoms with van der Waals surface area (Å²) in [5, 5.41) is 0. The Bertz CT molecular complexity index is 406. The van der Waals surface area contributed by atoms with Crippen molar-refractivity contribution in [3.8, 4) is 0 Å². The van der Waals surface area contributed by atoms with Crippen LogP contribution in [0.4, 0.5) is 0 Å². The van der Waals surface area contributed by atoms with Gasteiger partial charge in [-0.2, -0.15) is 0 Å². The molecule has 0 aliphatic heterocycles. The highest BCUT2D eigenvalue weighted by Crippen LogP contribution is 2.10. The number of nitrogens with zero attached hydrogens (tertiary/aromatic N) is 1. The molecule has 1 atom stereocenters. The monoisotopic (exact) mass is 250 g/mol. The third-order valence-electron chi connectivity index (χ3n) is 2.67. The quantitative estimate of drug-likeness (QED) is 0.748. The molecule has 0 bridgehead atoms. The Labute approximate surface area is 107 Å². The van der Waals surface area contributed by atoms with Gasteiger partial charge in [-0.15, -0.1) is 0 Å². The number of amides is 1. The summed E-state index contributed by atoms with van der Waals surface area (Å²) < 4.78 is 4.68. The number of hydrogen-bond acceptors (Lipinski definition) is 4. The number of ether oxygens (including phenoxy) is 1. The molecule has 5 nitrogen and oxygen atoms in total. The Morgan fingerprint density at radius 3 is 2.44 bits per heavy atom. The summed E-state index contributed by atoms with van der Waals surface area (Å²) in [5.74, 6) is -0.974. The molecular weight excluding hydrogens is 232 g/mol. The second kappa shape index (κ2) is 6.76. The van der Waals surface area contributed by atoms with Gasteiger partial charge in [-0.1, -0.05) is 30.3 Å². The van der Waals surface area contributed by atoms with Crippen molar-refractivity contribution in [2.75, 3.05) is 14.2 Å². The third-order valence-corrected chi connectivity index (χ3v) is 2.67. The summed E-state index contributed by atoms with van der Waals surface area (Å²) in [7, 11) is 3.06. The van der Waals surface area contributed by atoms with Gasteiger partial charge in [0.1, 0.15) is 6.04 Å². The van der Waals surface area contributed by atoms with Gasteiger partial charge in [-0.3, -0.25) is 14.5 Å². The first kappa shape index (κ1) is 14.2. The van der Waals surface area contributed by atoms with E-state index in [0.717, 1.165) is 5.56 Å². The average molecular weight is 250 g/mol. The summed E-state index contributed by atoms with van der Waals surface area (Å²) in [6.45, 7) is 0.549. The van der Waals surface area contributed by atoms with Crippen molar-refractivity contribution in [1.82, 2.24) is 4.90 Å². The van der Waals surface area contributed by atoms with Crippen molar-refractivity contribution in [3.05, 3.63) is 35.9 Å². The van der Waals surface area contributed by atoms with E-state index in [0.29, 0.717) is 6.54 Å². The molecule has 18 heavy (non-hydrogen) atoms. The van der Waals surface area contributed by atoms with E-state index in [1.165, 1.54) is 7.11 Å². The van der Waals surface area contributed by atoms with E-state index in [1.54, 1.807) is 11.9 Å². The molecular formula is C13H18N2O3. The summed E-state index contributed by atoms with van der Waals surface area (Å²) in [6, 6.07) is 9.02. The summed E-state index contributed by atoms with van der Waals surface area (Å²) >= 11 is 0. The van der Waals surface area contributed by atoms with E-state index in [9.17, 15) is 9.59 Å². The fraction of sp³-hybridized carbons (Fsp3) is 0.385. The maximum absolute atomic E-state index is 11.6. The average Bonchev–Trinajstić information content (AvgIpc) is 2.36. The Balaban J connectivity index is 2.73. The summed E-state index contributed by atoms with van der Waals surface area (Å²) in [4.78, 5) is 24.3. The number of primary amides is 1. The number of rotatable bonds is 6. The molecule has 1 amide bonds. The van der Waals surface area contributed by atoms with Crippen LogP contribution in [0, 0.1) is 0 Å². The molecule has 1 aromatic carbocycles. The van der Waals surface area contributed by atoms with Crippen LogP contribution in [-0.2, 0) is 20.9 Å². The minimum absolute atomic E-state index is 0.0456. The minimum Gasteiger partial charge on any atom is -0.468 e. The molecule has 0 heterocycles. The minimum atomic E-state index is -0.646. The van der Waals surface area contributed by atoms with Crippen molar-refractivity contribution in [3.63, 3.8) is 0 Å². The Kier molecular flexibility index (Phi) is 5.32. The van der Waals surface area contributed by atoms with E-state index in [-0.39, 0.29) is 6.42 Å². The van der Waals surface area contributed by atoms with Gasteiger partial charge in [0.05, 0.1) is 13.5 Å². The molecule has 0 aliphatic rings. The van der Waals surface area contributed by atoms with Gasteiger partial charge in [0.25, 0.3) is 0 Å². The molecule has 98 valence electrons. The van der Waals surface area contributed by atoms with Crippen molar-refractivity contribution >= 4 is 11.9 Å². The lowest BCUT2D eigenvalue weighted by Gasteiger charge is -2.24. The zero-order chi connectivity index (χ0) is 13.5. The van der Waals surface area contributed by atoms with E-state index < -0.39 is 17.9 Å². The van der Waals surface area contributed by atoms with Crippen LogP contribution in [-0.4, -0.2) is 37.0 Å². The molecule has 0 saturated heterocycles. The number of esters is 1. The van der Waals surface area contributed by atoms with Crippen LogP contribution < -0.4 is 5.73 Å². The zero-order valence-corrected chi connectivity index (χ0v) is 10.6.